The summed E-state index contributed by atoms with van der Waals surface area (Å²) in [7, 11) is 0. The summed E-state index contributed by atoms with van der Waals surface area (Å²) in [6.07, 6.45) is -2.52. The highest BCUT2D eigenvalue weighted by Gasteiger charge is 2.60. The highest BCUT2D eigenvalue weighted by atomic mass is 19.3. The molecule has 3 aliphatic heterocycles. The molecule has 3 aromatic rings. The maximum atomic E-state index is 14.3. The first-order chi connectivity index (χ1) is 20.9. The molecule has 4 heterocycles. The fourth-order valence-electron chi connectivity index (χ4n) is 5.95. The molecule has 44 heavy (non-hydrogen) atoms. The lowest BCUT2D eigenvalue weighted by Gasteiger charge is -2.42. The van der Waals surface area contributed by atoms with Gasteiger partial charge in [-0.3, -0.25) is 23.9 Å². The summed E-state index contributed by atoms with van der Waals surface area (Å²) in [4.78, 5) is 42.5. The van der Waals surface area contributed by atoms with E-state index in [1.54, 1.807) is 37.3 Å². The van der Waals surface area contributed by atoms with E-state index in [-0.39, 0.29) is 31.7 Å². The van der Waals surface area contributed by atoms with Crippen LogP contribution in [0, 0.1) is 17.5 Å². The molecular weight excluding hydrogens is 593 g/mol. The third kappa shape index (κ3) is 5.21. The summed E-state index contributed by atoms with van der Waals surface area (Å²) in [5, 5.41) is 2.24. The molecule has 0 saturated carbocycles. The van der Waals surface area contributed by atoms with E-state index in [2.05, 4.69) is 10.1 Å². The van der Waals surface area contributed by atoms with Gasteiger partial charge in [-0.2, -0.15) is 0 Å². The Morgan fingerprint density at radius 3 is 2.48 bits per heavy atom. The molecule has 1 aromatic heterocycles. The number of carbonyl (C=O) groups is 2. The van der Waals surface area contributed by atoms with E-state index in [9.17, 15) is 36.3 Å². The highest BCUT2D eigenvalue weighted by molar-refractivity contribution is 5.99. The van der Waals surface area contributed by atoms with Crippen molar-refractivity contribution in [2.75, 3.05) is 13.2 Å². The molecule has 2 bridgehead atoms. The van der Waals surface area contributed by atoms with E-state index in [0.717, 1.165) is 6.20 Å². The van der Waals surface area contributed by atoms with Crippen molar-refractivity contribution in [1.29, 1.82) is 0 Å². The van der Waals surface area contributed by atoms with Gasteiger partial charge in [0.25, 0.3) is 11.8 Å². The Morgan fingerprint density at radius 2 is 1.82 bits per heavy atom. The third-order valence-corrected chi connectivity index (χ3v) is 8.29. The maximum absolute atomic E-state index is 14.3. The van der Waals surface area contributed by atoms with Gasteiger partial charge in [0.05, 0.1) is 12.6 Å². The number of ether oxygens (including phenoxy) is 3. The minimum atomic E-state index is -3.91. The van der Waals surface area contributed by atoms with E-state index >= 15 is 0 Å². The topological polar surface area (TPSA) is 99.1 Å². The number of carbonyl (C=O) groups excluding carboxylic acids is 2. The maximum Gasteiger partial charge on any atom is 0.486 e. The second-order valence-electron chi connectivity index (χ2n) is 11.0. The molecule has 14 heteroatoms. The Hall–Kier alpha value is -4.30. The number of hydrogen-bond donors (Lipinski definition) is 1. The molecule has 0 radical (unpaired) electrons. The summed E-state index contributed by atoms with van der Waals surface area (Å²) in [5.41, 5.74) is -3.52. The number of hydrogen-bond acceptors (Lipinski definition) is 6. The Labute approximate surface area is 247 Å². The Kier molecular flexibility index (Phi) is 7.44. The van der Waals surface area contributed by atoms with Crippen LogP contribution in [-0.4, -0.2) is 52.4 Å². The lowest BCUT2D eigenvalue weighted by atomic mass is 9.89. The van der Waals surface area contributed by atoms with Crippen LogP contribution in [-0.2, 0) is 22.6 Å². The van der Waals surface area contributed by atoms with Crippen molar-refractivity contribution in [3.8, 4) is 5.75 Å². The summed E-state index contributed by atoms with van der Waals surface area (Å²) in [6, 6.07) is 8.07. The van der Waals surface area contributed by atoms with Crippen molar-refractivity contribution in [2.24, 2.45) is 0 Å². The lowest BCUT2D eigenvalue weighted by molar-refractivity contribution is -0.359. The summed E-state index contributed by atoms with van der Waals surface area (Å²) < 4.78 is 87.5. The highest BCUT2D eigenvalue weighted by Crippen LogP contribution is 2.48. The molecule has 232 valence electrons. The van der Waals surface area contributed by atoms with E-state index in [1.165, 1.54) is 9.47 Å². The monoisotopic (exact) mass is 619 g/mol. The van der Waals surface area contributed by atoms with Crippen LogP contribution in [0.4, 0.5) is 22.0 Å². The van der Waals surface area contributed by atoms with E-state index in [0.29, 0.717) is 17.7 Å². The van der Waals surface area contributed by atoms with Crippen molar-refractivity contribution in [3.05, 3.63) is 98.7 Å². The summed E-state index contributed by atoms with van der Waals surface area (Å²) in [6.45, 7) is 0.182. The van der Waals surface area contributed by atoms with Crippen molar-refractivity contribution in [1.82, 2.24) is 14.8 Å². The SMILES string of the molecule is C[C@H]1CC[C@]2(COC(F)(F)O2)[C@H]2CN1C(=O)c1c(OCc3ccccc3)c(=O)c(C(=O)NCc3c(F)cc(F)cc3F)cn12. The second-order valence-corrected chi connectivity index (χ2v) is 11.0. The standard InChI is InChI=1S/C30H26F5N3O6/c1-16-7-8-29(15-43-30(34,35)44-29)23-13-37(16)28(41)24-26(42-14-17-5-3-2-4-6-17)25(39)20(12-38(23)24)27(40)36-11-19-21(32)9-18(31)10-22(19)33/h2-6,9-10,12,16,23H,7-8,11,13-15H2,1H3,(H,36,40)/t16-,23+,29-/m0/s1. The van der Waals surface area contributed by atoms with Crippen molar-refractivity contribution < 1.29 is 45.8 Å². The van der Waals surface area contributed by atoms with Gasteiger partial charge < -0.3 is 19.5 Å². The van der Waals surface area contributed by atoms with E-state index < -0.39 is 88.7 Å². The number of nitrogens with zero attached hydrogens (tertiary/aromatic N) is 2. The fourth-order valence-corrected chi connectivity index (χ4v) is 5.95. The minimum Gasteiger partial charge on any atom is -0.483 e. The molecule has 6 rings (SSSR count). The first-order valence-electron chi connectivity index (χ1n) is 13.8. The fraction of sp³-hybridized carbons (Fsp3) is 0.367. The van der Waals surface area contributed by atoms with Gasteiger partial charge in [-0.25, -0.2) is 13.2 Å². The Balaban J connectivity index is 1.46. The van der Waals surface area contributed by atoms with Crippen LogP contribution < -0.4 is 15.5 Å². The average Bonchev–Trinajstić information content (AvgIpc) is 3.23. The molecule has 1 spiro atoms. The largest absolute Gasteiger partial charge is 0.486 e. The van der Waals surface area contributed by atoms with Crippen LogP contribution in [0.2, 0.25) is 0 Å². The first kappa shape index (κ1) is 29.8. The normalized spacial score (nSPS) is 23.8. The van der Waals surface area contributed by atoms with E-state index in [1.807, 2.05) is 0 Å². The molecule has 2 aromatic carbocycles. The number of amides is 2. The van der Waals surface area contributed by atoms with Crippen LogP contribution in [0.5, 0.6) is 5.75 Å². The van der Waals surface area contributed by atoms with Crippen LogP contribution in [0.3, 0.4) is 0 Å². The van der Waals surface area contributed by atoms with Gasteiger partial charge in [-0.05, 0) is 25.3 Å². The van der Waals surface area contributed by atoms with Gasteiger partial charge in [0.1, 0.15) is 35.2 Å². The molecule has 1 N–H and O–H groups in total. The smallest absolute Gasteiger partial charge is 0.483 e. The summed E-state index contributed by atoms with van der Waals surface area (Å²) in [5.74, 6) is -5.88. The second kappa shape index (κ2) is 11.0. The number of benzene rings is 2. The molecule has 9 nitrogen and oxygen atoms in total. The number of rotatable bonds is 6. The average molecular weight is 620 g/mol. The Bertz CT molecular complexity index is 1680. The zero-order valence-electron chi connectivity index (χ0n) is 23.2. The molecule has 3 aliphatic rings. The van der Waals surface area contributed by atoms with Gasteiger partial charge in [0.2, 0.25) is 5.43 Å². The van der Waals surface area contributed by atoms with Crippen LogP contribution in [0.1, 0.15) is 57.8 Å². The van der Waals surface area contributed by atoms with Crippen LogP contribution in [0.25, 0.3) is 0 Å². The quantitative estimate of drug-likeness (QED) is 0.414. The van der Waals surface area contributed by atoms with Crippen LogP contribution in [0.15, 0.2) is 53.5 Å². The number of halogens is 5. The zero-order chi connectivity index (χ0) is 31.4. The minimum absolute atomic E-state index is 0.0641. The molecule has 2 fully saturated rings. The van der Waals surface area contributed by atoms with E-state index in [4.69, 9.17) is 9.47 Å². The number of alkyl halides is 2. The van der Waals surface area contributed by atoms with Crippen molar-refractivity contribution >= 4 is 11.8 Å². The molecule has 0 unspecified atom stereocenters. The third-order valence-electron chi connectivity index (χ3n) is 8.29. The molecule has 2 saturated heterocycles. The number of pyridine rings is 1. The summed E-state index contributed by atoms with van der Waals surface area (Å²) >= 11 is 0. The number of nitrogens with one attached hydrogen (secondary N) is 1. The van der Waals surface area contributed by atoms with Gasteiger partial charge in [0, 0.05) is 43.0 Å². The molecule has 3 atom stereocenters. The van der Waals surface area contributed by atoms with Gasteiger partial charge >= 0.3 is 6.29 Å². The zero-order valence-corrected chi connectivity index (χ0v) is 23.2. The first-order valence-corrected chi connectivity index (χ1v) is 13.8. The van der Waals surface area contributed by atoms with Crippen LogP contribution >= 0.6 is 0 Å². The Morgan fingerprint density at radius 1 is 1.11 bits per heavy atom. The van der Waals surface area contributed by atoms with Gasteiger partial charge in [0.15, 0.2) is 11.4 Å². The van der Waals surface area contributed by atoms with Crippen molar-refractivity contribution in [2.45, 2.75) is 56.9 Å². The number of fused-ring (bicyclic) bond motifs is 5. The van der Waals surface area contributed by atoms with Crippen molar-refractivity contribution in [3.63, 3.8) is 0 Å². The molecule has 0 aliphatic carbocycles. The predicted molar refractivity (Wildman–Crippen MR) is 142 cm³/mol. The predicted octanol–water partition coefficient (Wildman–Crippen LogP) is 4.29. The van der Waals surface area contributed by atoms with Gasteiger partial charge in [-0.1, -0.05) is 30.3 Å². The molecular formula is C30H26F5N3O6. The number of aromatic nitrogens is 1. The molecule has 2 amide bonds. The lowest BCUT2D eigenvalue weighted by Crippen LogP contribution is -2.53. The van der Waals surface area contributed by atoms with Gasteiger partial charge in [-0.15, -0.1) is 8.78 Å².